The molecule has 0 aliphatic heterocycles. The molecule has 100 valence electrons. The van der Waals surface area contributed by atoms with Crippen molar-refractivity contribution in [2.75, 3.05) is 14.1 Å². The van der Waals surface area contributed by atoms with Crippen LogP contribution in [0.25, 0.3) is 11.4 Å². The zero-order valence-electron chi connectivity index (χ0n) is 10.6. The highest BCUT2D eigenvalue weighted by Crippen LogP contribution is 2.18. The van der Waals surface area contributed by atoms with Crippen LogP contribution in [0.2, 0.25) is 5.02 Å². The monoisotopic (exact) mass is 279 g/mol. The normalized spacial score (nSPS) is 11.4. The van der Waals surface area contributed by atoms with Crippen LogP contribution in [0.5, 0.6) is 0 Å². The van der Waals surface area contributed by atoms with Crippen molar-refractivity contribution in [2.45, 2.75) is 6.54 Å². The smallest absolute Gasteiger partial charge is 0.246 e. The minimum atomic E-state index is 0.411. The highest BCUT2D eigenvalue weighted by atomic mass is 35.5. The molecule has 0 fully saturated rings. The molecule has 0 unspecified atom stereocenters. The summed E-state index contributed by atoms with van der Waals surface area (Å²) in [5.41, 5.74) is 0.859. The lowest BCUT2D eigenvalue weighted by atomic mass is 10.2. The third-order valence-electron chi connectivity index (χ3n) is 2.44. The summed E-state index contributed by atoms with van der Waals surface area (Å²) in [5.74, 6) is 1.68. The number of nitrogens with zero attached hydrogens (tertiary/aromatic N) is 3. The molecular formula is C12H14ClN5O. The molecule has 2 aromatic rings. The van der Waals surface area contributed by atoms with Crippen LogP contribution < -0.4 is 10.6 Å². The van der Waals surface area contributed by atoms with Gasteiger partial charge < -0.3 is 15.2 Å². The second-order valence-corrected chi connectivity index (χ2v) is 4.13. The molecule has 0 saturated carbocycles. The number of rotatable bonds is 3. The molecule has 0 aliphatic carbocycles. The summed E-state index contributed by atoms with van der Waals surface area (Å²) < 4.78 is 5.15. The quantitative estimate of drug-likeness (QED) is 0.660. The van der Waals surface area contributed by atoms with E-state index in [0.29, 0.717) is 29.2 Å². The van der Waals surface area contributed by atoms with Crippen molar-refractivity contribution in [1.29, 1.82) is 0 Å². The molecule has 1 heterocycles. The van der Waals surface area contributed by atoms with Gasteiger partial charge in [-0.2, -0.15) is 4.98 Å². The molecule has 7 heteroatoms. The first-order valence-corrected chi connectivity index (χ1v) is 6.07. The van der Waals surface area contributed by atoms with Crippen molar-refractivity contribution in [1.82, 2.24) is 20.8 Å². The van der Waals surface area contributed by atoms with E-state index < -0.39 is 0 Å². The molecule has 0 saturated heterocycles. The van der Waals surface area contributed by atoms with E-state index in [2.05, 4.69) is 25.8 Å². The van der Waals surface area contributed by atoms with E-state index in [1.165, 1.54) is 0 Å². The van der Waals surface area contributed by atoms with E-state index in [-0.39, 0.29) is 0 Å². The topological polar surface area (TPSA) is 75.3 Å². The Balaban J connectivity index is 2.05. The zero-order valence-corrected chi connectivity index (χ0v) is 11.4. The van der Waals surface area contributed by atoms with Crippen LogP contribution in [0.1, 0.15) is 5.89 Å². The largest absolute Gasteiger partial charge is 0.359 e. The molecule has 0 radical (unpaired) electrons. The molecule has 0 spiro atoms. The number of aromatic nitrogens is 2. The van der Waals surface area contributed by atoms with Gasteiger partial charge in [0.2, 0.25) is 11.7 Å². The summed E-state index contributed by atoms with van der Waals surface area (Å²) in [6.07, 6.45) is 0. The Labute approximate surface area is 115 Å². The second-order valence-electron chi connectivity index (χ2n) is 3.69. The maximum Gasteiger partial charge on any atom is 0.246 e. The van der Waals surface area contributed by atoms with Gasteiger partial charge in [0.05, 0.1) is 6.54 Å². The molecule has 0 amide bonds. The lowest BCUT2D eigenvalue weighted by Crippen LogP contribution is -2.34. The van der Waals surface area contributed by atoms with E-state index in [1.54, 1.807) is 26.2 Å². The van der Waals surface area contributed by atoms with Crippen LogP contribution in [0, 0.1) is 0 Å². The number of benzene rings is 1. The van der Waals surface area contributed by atoms with E-state index >= 15 is 0 Å². The van der Waals surface area contributed by atoms with Gasteiger partial charge in [-0.15, -0.1) is 0 Å². The van der Waals surface area contributed by atoms with Gasteiger partial charge in [-0.05, 0) is 24.3 Å². The lowest BCUT2D eigenvalue weighted by molar-refractivity contribution is 0.375. The molecule has 0 bridgehead atoms. The first-order valence-electron chi connectivity index (χ1n) is 5.70. The van der Waals surface area contributed by atoms with Crippen molar-refractivity contribution in [3.8, 4) is 11.4 Å². The Hall–Kier alpha value is -2.08. The van der Waals surface area contributed by atoms with Crippen molar-refractivity contribution >= 4 is 17.6 Å². The molecule has 0 aliphatic rings. The van der Waals surface area contributed by atoms with Crippen molar-refractivity contribution < 1.29 is 4.52 Å². The van der Waals surface area contributed by atoms with Crippen LogP contribution in [-0.2, 0) is 6.54 Å². The highest BCUT2D eigenvalue weighted by Gasteiger charge is 2.08. The van der Waals surface area contributed by atoms with Gasteiger partial charge in [-0.25, -0.2) is 0 Å². The van der Waals surface area contributed by atoms with Gasteiger partial charge >= 0.3 is 0 Å². The van der Waals surface area contributed by atoms with E-state index in [4.69, 9.17) is 16.1 Å². The summed E-state index contributed by atoms with van der Waals surface area (Å²) in [6, 6.07) is 7.26. The van der Waals surface area contributed by atoms with Crippen LogP contribution in [0.3, 0.4) is 0 Å². The SMILES string of the molecule is CN=C(NC)NCc1nc(-c2ccc(Cl)cc2)no1. The fraction of sp³-hybridized carbons (Fsp3) is 0.250. The first kappa shape index (κ1) is 13.4. The maximum absolute atomic E-state index is 5.83. The van der Waals surface area contributed by atoms with E-state index in [9.17, 15) is 0 Å². The summed E-state index contributed by atoms with van der Waals surface area (Å²) in [6.45, 7) is 0.411. The summed E-state index contributed by atoms with van der Waals surface area (Å²) in [4.78, 5) is 8.27. The van der Waals surface area contributed by atoms with Gasteiger partial charge in [0, 0.05) is 24.7 Å². The van der Waals surface area contributed by atoms with Crippen LogP contribution in [0.15, 0.2) is 33.8 Å². The summed E-state index contributed by atoms with van der Waals surface area (Å²) in [5, 5.41) is 10.5. The predicted molar refractivity (Wildman–Crippen MR) is 74.0 cm³/mol. The van der Waals surface area contributed by atoms with Crippen molar-refractivity contribution in [3.63, 3.8) is 0 Å². The minimum absolute atomic E-state index is 0.411. The number of hydrogen-bond acceptors (Lipinski definition) is 4. The molecule has 2 rings (SSSR count). The maximum atomic E-state index is 5.83. The van der Waals surface area contributed by atoms with Crippen LogP contribution >= 0.6 is 11.6 Å². The first-order chi connectivity index (χ1) is 9.22. The minimum Gasteiger partial charge on any atom is -0.359 e. The molecule has 19 heavy (non-hydrogen) atoms. The molecule has 6 nitrogen and oxygen atoms in total. The van der Waals surface area contributed by atoms with Crippen molar-refractivity contribution in [2.24, 2.45) is 4.99 Å². The third kappa shape index (κ3) is 3.45. The fourth-order valence-corrected chi connectivity index (χ4v) is 1.61. The van der Waals surface area contributed by atoms with Gasteiger partial charge in [-0.3, -0.25) is 4.99 Å². The summed E-state index contributed by atoms with van der Waals surface area (Å²) >= 11 is 5.83. The Kier molecular flexibility index (Phi) is 4.35. The average molecular weight is 280 g/mol. The Morgan fingerprint density at radius 1 is 1.37 bits per heavy atom. The second kappa shape index (κ2) is 6.19. The van der Waals surface area contributed by atoms with Crippen molar-refractivity contribution in [3.05, 3.63) is 35.2 Å². The Morgan fingerprint density at radius 2 is 2.11 bits per heavy atom. The highest BCUT2D eigenvalue weighted by molar-refractivity contribution is 6.30. The van der Waals surface area contributed by atoms with Gasteiger partial charge in [0.15, 0.2) is 5.96 Å². The van der Waals surface area contributed by atoms with Gasteiger partial charge in [0.1, 0.15) is 0 Å². The number of guanidine groups is 1. The molecule has 0 atom stereocenters. The molecule has 2 N–H and O–H groups in total. The molecular weight excluding hydrogens is 266 g/mol. The number of aliphatic imine (C=N–C) groups is 1. The predicted octanol–water partition coefficient (Wildman–Crippen LogP) is 1.68. The van der Waals surface area contributed by atoms with E-state index in [0.717, 1.165) is 5.56 Å². The number of nitrogens with one attached hydrogen (secondary N) is 2. The standard InChI is InChI=1S/C12H14ClN5O/c1-14-12(15-2)16-7-10-17-11(18-19-10)8-3-5-9(13)6-4-8/h3-6H,7H2,1-2H3,(H2,14,15,16). The fourth-order valence-electron chi connectivity index (χ4n) is 1.48. The Bertz CT molecular complexity index is 564. The third-order valence-corrected chi connectivity index (χ3v) is 2.69. The van der Waals surface area contributed by atoms with E-state index in [1.807, 2.05) is 12.1 Å². The van der Waals surface area contributed by atoms with Gasteiger partial charge in [-0.1, -0.05) is 16.8 Å². The molecule has 1 aromatic heterocycles. The van der Waals surface area contributed by atoms with Crippen LogP contribution in [-0.4, -0.2) is 30.2 Å². The number of halogens is 1. The number of hydrogen-bond donors (Lipinski definition) is 2. The van der Waals surface area contributed by atoms with Crippen LogP contribution in [0.4, 0.5) is 0 Å². The van der Waals surface area contributed by atoms with Gasteiger partial charge in [0.25, 0.3) is 0 Å². The Morgan fingerprint density at radius 3 is 2.74 bits per heavy atom. The average Bonchev–Trinajstić information content (AvgIpc) is 2.89. The summed E-state index contributed by atoms with van der Waals surface area (Å²) in [7, 11) is 3.47. The lowest BCUT2D eigenvalue weighted by Gasteiger charge is -2.04. The molecule has 1 aromatic carbocycles. The zero-order chi connectivity index (χ0) is 13.7.